The Morgan fingerprint density at radius 2 is 0.887 bits per heavy atom. The summed E-state index contributed by atoms with van der Waals surface area (Å²) in [6.45, 7) is 0. The quantitative estimate of drug-likeness (QED) is 0.167. The molecule has 0 amide bonds. The molecule has 10 aromatic rings. The lowest BCUT2D eigenvalue weighted by Gasteiger charge is -2.28. The number of nitrogens with zero attached hydrogens (tertiary/aromatic N) is 2. The Balaban J connectivity index is 1.23. The maximum atomic E-state index is 6.83. The van der Waals surface area contributed by atoms with Gasteiger partial charge in [-0.2, -0.15) is 0 Å². The van der Waals surface area contributed by atoms with Crippen molar-refractivity contribution in [1.82, 2.24) is 0 Å². The molecule has 0 aliphatic carbocycles. The van der Waals surface area contributed by atoms with Gasteiger partial charge in [-0.1, -0.05) is 140 Å². The van der Waals surface area contributed by atoms with Crippen LogP contribution in [0.4, 0.5) is 34.1 Å². The van der Waals surface area contributed by atoms with Crippen LogP contribution in [0.3, 0.4) is 0 Å². The van der Waals surface area contributed by atoms with Crippen molar-refractivity contribution < 1.29 is 4.42 Å². The molecule has 0 unspecified atom stereocenters. The highest BCUT2D eigenvalue weighted by molar-refractivity contribution is 6.23. The zero-order valence-electron chi connectivity index (χ0n) is 28.9. The molecule has 0 atom stereocenters. The van der Waals surface area contributed by atoms with Gasteiger partial charge in [0.1, 0.15) is 11.2 Å². The highest BCUT2D eigenvalue weighted by Gasteiger charge is 2.23. The molecule has 53 heavy (non-hydrogen) atoms. The van der Waals surface area contributed by atoms with E-state index >= 15 is 0 Å². The first-order valence-corrected chi connectivity index (χ1v) is 18.0. The van der Waals surface area contributed by atoms with Crippen molar-refractivity contribution >= 4 is 77.6 Å². The van der Waals surface area contributed by atoms with Crippen LogP contribution in [0.25, 0.3) is 54.6 Å². The molecule has 1 aromatic heterocycles. The molecule has 0 aliphatic heterocycles. The Kier molecular flexibility index (Phi) is 7.47. The smallest absolute Gasteiger partial charge is 0.143 e. The molecule has 0 N–H and O–H groups in total. The fraction of sp³-hybridized carbons (Fsp3) is 0. The maximum absolute atomic E-state index is 6.83. The van der Waals surface area contributed by atoms with Crippen molar-refractivity contribution in [3.63, 3.8) is 0 Å². The van der Waals surface area contributed by atoms with Gasteiger partial charge in [-0.15, -0.1) is 0 Å². The minimum Gasteiger partial charge on any atom is -0.455 e. The Morgan fingerprint density at radius 3 is 1.60 bits per heavy atom. The summed E-state index contributed by atoms with van der Waals surface area (Å²) < 4.78 is 6.83. The second kappa shape index (κ2) is 12.9. The number of hydrogen-bond donors (Lipinski definition) is 0. The number of hydrogen-bond acceptors (Lipinski definition) is 3. The van der Waals surface area contributed by atoms with Crippen molar-refractivity contribution in [3.8, 4) is 11.1 Å². The first kappa shape index (κ1) is 30.7. The number of fused-ring (bicyclic) bond motifs is 6. The van der Waals surface area contributed by atoms with Crippen molar-refractivity contribution in [2.24, 2.45) is 0 Å². The predicted molar refractivity (Wildman–Crippen MR) is 224 cm³/mol. The van der Waals surface area contributed by atoms with Gasteiger partial charge in [0.25, 0.3) is 0 Å². The Bertz CT molecular complexity index is 2850. The Hall–Kier alpha value is -7.10. The van der Waals surface area contributed by atoms with E-state index < -0.39 is 0 Å². The lowest BCUT2D eigenvalue weighted by Crippen LogP contribution is -2.11. The third-order valence-corrected chi connectivity index (χ3v) is 10.2. The molecular formula is C50H34N2O. The molecule has 0 fully saturated rings. The fourth-order valence-corrected chi connectivity index (χ4v) is 7.86. The molecule has 0 bridgehead atoms. The molecule has 10 rings (SSSR count). The second-order valence-electron chi connectivity index (χ2n) is 13.3. The predicted octanol–water partition coefficient (Wildman–Crippen LogP) is 14.5. The Morgan fingerprint density at radius 1 is 0.340 bits per heavy atom. The highest BCUT2D eigenvalue weighted by atomic mass is 16.3. The molecule has 0 spiro atoms. The van der Waals surface area contributed by atoms with Crippen molar-refractivity contribution in [2.45, 2.75) is 0 Å². The van der Waals surface area contributed by atoms with Crippen LogP contribution >= 0.6 is 0 Å². The first-order valence-electron chi connectivity index (χ1n) is 18.0. The summed E-state index contributed by atoms with van der Waals surface area (Å²) in [5.74, 6) is 0. The first-order chi connectivity index (χ1) is 26.3. The molecule has 3 heteroatoms. The number of benzene rings is 9. The van der Waals surface area contributed by atoms with E-state index in [0.717, 1.165) is 78.0 Å². The molecule has 0 radical (unpaired) electrons. The molecule has 0 saturated carbocycles. The van der Waals surface area contributed by atoms with E-state index in [4.69, 9.17) is 4.42 Å². The van der Waals surface area contributed by atoms with Gasteiger partial charge in [0, 0.05) is 49.7 Å². The van der Waals surface area contributed by atoms with E-state index in [1.807, 2.05) is 0 Å². The summed E-state index contributed by atoms with van der Waals surface area (Å²) in [4.78, 5) is 4.72. The van der Waals surface area contributed by atoms with Crippen LogP contribution in [0, 0.1) is 0 Å². The molecule has 9 aromatic carbocycles. The van der Waals surface area contributed by atoms with Gasteiger partial charge in [-0.3, -0.25) is 0 Å². The third-order valence-electron chi connectivity index (χ3n) is 10.2. The fourth-order valence-electron chi connectivity index (χ4n) is 7.86. The average Bonchev–Trinajstić information content (AvgIpc) is 3.62. The van der Waals surface area contributed by atoms with Crippen LogP contribution in [0.15, 0.2) is 211 Å². The van der Waals surface area contributed by atoms with Gasteiger partial charge >= 0.3 is 0 Å². The van der Waals surface area contributed by atoms with Crippen molar-refractivity contribution in [1.29, 1.82) is 0 Å². The number of anilines is 6. The van der Waals surface area contributed by atoms with E-state index in [0.29, 0.717) is 0 Å². The van der Waals surface area contributed by atoms with Crippen LogP contribution < -0.4 is 9.80 Å². The summed E-state index contributed by atoms with van der Waals surface area (Å²) in [7, 11) is 0. The van der Waals surface area contributed by atoms with E-state index in [9.17, 15) is 0 Å². The SMILES string of the molecule is c1ccc(N(c2ccccc2)c2cccc(-c3cccc4oc5c6ccccc6c(N(c6ccccc6)c6cccc7ccccc67)cc5c34)c2)cc1. The van der Waals surface area contributed by atoms with E-state index in [1.54, 1.807) is 0 Å². The zero-order valence-corrected chi connectivity index (χ0v) is 28.9. The number of para-hydroxylation sites is 3. The largest absolute Gasteiger partial charge is 0.455 e. The van der Waals surface area contributed by atoms with Gasteiger partial charge in [0.2, 0.25) is 0 Å². The lowest BCUT2D eigenvalue weighted by molar-refractivity contribution is 0.673. The van der Waals surface area contributed by atoms with E-state index in [-0.39, 0.29) is 0 Å². The van der Waals surface area contributed by atoms with Crippen LogP contribution in [0.2, 0.25) is 0 Å². The van der Waals surface area contributed by atoms with Gasteiger partial charge in [-0.25, -0.2) is 0 Å². The average molecular weight is 679 g/mol. The van der Waals surface area contributed by atoms with Gasteiger partial charge in [0.05, 0.1) is 11.4 Å². The van der Waals surface area contributed by atoms with Crippen LogP contribution in [-0.4, -0.2) is 0 Å². The molecular weight excluding hydrogens is 645 g/mol. The van der Waals surface area contributed by atoms with Crippen LogP contribution in [0.5, 0.6) is 0 Å². The van der Waals surface area contributed by atoms with Gasteiger partial charge < -0.3 is 14.2 Å². The topological polar surface area (TPSA) is 19.6 Å². The van der Waals surface area contributed by atoms with E-state index in [1.165, 1.54) is 10.8 Å². The van der Waals surface area contributed by atoms with Crippen LogP contribution in [-0.2, 0) is 0 Å². The van der Waals surface area contributed by atoms with Gasteiger partial charge in [-0.05, 0) is 83.2 Å². The normalized spacial score (nSPS) is 11.4. The standard InChI is InChI=1S/C50H34N2O/c1-4-20-37(21-5-1)51(38-22-6-2-7-23-38)40-26-14-19-36(33-40)42-30-16-32-48-49(42)45-34-47(43-28-12-13-29-44(43)50(45)53-48)52(39-24-8-3-9-25-39)46-31-15-18-35-17-10-11-27-41(35)46/h1-34H. The summed E-state index contributed by atoms with van der Waals surface area (Å²) in [6, 6.07) is 73.2. The monoisotopic (exact) mass is 678 g/mol. The lowest BCUT2D eigenvalue weighted by atomic mass is 9.96. The minimum absolute atomic E-state index is 0.865. The van der Waals surface area contributed by atoms with Crippen molar-refractivity contribution in [2.75, 3.05) is 9.80 Å². The number of rotatable bonds is 7. The maximum Gasteiger partial charge on any atom is 0.143 e. The van der Waals surface area contributed by atoms with Gasteiger partial charge in [0.15, 0.2) is 0 Å². The van der Waals surface area contributed by atoms with Crippen molar-refractivity contribution in [3.05, 3.63) is 206 Å². The van der Waals surface area contributed by atoms with E-state index in [2.05, 4.69) is 216 Å². The van der Waals surface area contributed by atoms with Crippen LogP contribution in [0.1, 0.15) is 0 Å². The zero-order chi connectivity index (χ0) is 35.1. The third kappa shape index (κ3) is 5.30. The summed E-state index contributed by atoms with van der Waals surface area (Å²) >= 11 is 0. The molecule has 0 aliphatic rings. The highest BCUT2D eigenvalue weighted by Crippen LogP contribution is 2.48. The minimum atomic E-state index is 0.865. The summed E-state index contributed by atoms with van der Waals surface area (Å²) in [6.07, 6.45) is 0. The summed E-state index contributed by atoms with van der Waals surface area (Å²) in [5.41, 5.74) is 10.6. The number of furan rings is 1. The summed E-state index contributed by atoms with van der Waals surface area (Å²) in [5, 5.41) is 6.78. The molecule has 3 nitrogen and oxygen atoms in total. The second-order valence-corrected chi connectivity index (χ2v) is 13.3. The molecule has 0 saturated heterocycles. The Labute approximate surface area is 308 Å². The molecule has 250 valence electrons. The molecule has 1 heterocycles.